The monoisotopic (exact) mass is 310 g/mol. The van der Waals surface area contributed by atoms with E-state index in [1.54, 1.807) is 12.1 Å². The third kappa shape index (κ3) is 3.25. The molecule has 1 aromatic carbocycles. The maximum atomic E-state index is 12.5. The van der Waals surface area contributed by atoms with Crippen LogP contribution < -0.4 is 5.73 Å². The van der Waals surface area contributed by atoms with Crippen molar-refractivity contribution < 1.29 is 4.79 Å². The van der Waals surface area contributed by atoms with Gasteiger partial charge >= 0.3 is 0 Å². The van der Waals surface area contributed by atoms with Gasteiger partial charge in [0.05, 0.1) is 5.56 Å². The fraction of sp³-hybridized carbons (Fsp3) is 0.500. The third-order valence-electron chi connectivity index (χ3n) is 3.36. The summed E-state index contributed by atoms with van der Waals surface area (Å²) in [6.45, 7) is 1.72. The minimum Gasteiger partial charge on any atom is -0.399 e. The van der Waals surface area contributed by atoms with Crippen molar-refractivity contribution in [1.29, 1.82) is 0 Å². The van der Waals surface area contributed by atoms with Crippen LogP contribution in [0.2, 0.25) is 0 Å². The molecule has 1 aliphatic rings. The number of rotatable bonds is 1. The van der Waals surface area contributed by atoms with Crippen LogP contribution in [0.25, 0.3) is 0 Å². The molecular weight excluding hydrogens is 292 g/mol. The van der Waals surface area contributed by atoms with E-state index >= 15 is 0 Å². The van der Waals surface area contributed by atoms with Crippen LogP contribution in [0.4, 0.5) is 5.69 Å². The third-order valence-corrected chi connectivity index (χ3v) is 4.06. The lowest BCUT2D eigenvalue weighted by Crippen LogP contribution is -2.34. The average molecular weight is 311 g/mol. The van der Waals surface area contributed by atoms with Gasteiger partial charge in [-0.2, -0.15) is 0 Å². The number of amides is 1. The zero-order valence-corrected chi connectivity index (χ0v) is 12.1. The summed E-state index contributed by atoms with van der Waals surface area (Å²) in [7, 11) is 0. The first-order chi connectivity index (χ1) is 8.68. The summed E-state index contributed by atoms with van der Waals surface area (Å²) in [5.41, 5.74) is 7.07. The number of likely N-dealkylation sites (tertiary alicyclic amines) is 1. The number of hydrogen-bond donors (Lipinski definition) is 1. The molecule has 4 heteroatoms. The molecule has 0 radical (unpaired) electrons. The van der Waals surface area contributed by atoms with Crippen molar-refractivity contribution in [3.8, 4) is 0 Å². The second-order valence-corrected chi connectivity index (χ2v) is 5.65. The van der Waals surface area contributed by atoms with Crippen LogP contribution in [-0.4, -0.2) is 23.9 Å². The molecule has 18 heavy (non-hydrogen) atoms. The molecule has 0 bridgehead atoms. The van der Waals surface area contributed by atoms with Gasteiger partial charge in [-0.3, -0.25) is 4.79 Å². The van der Waals surface area contributed by atoms with Crippen molar-refractivity contribution in [2.24, 2.45) is 0 Å². The number of anilines is 1. The number of nitrogens with zero attached hydrogens (tertiary/aromatic N) is 1. The minimum absolute atomic E-state index is 0.0936. The van der Waals surface area contributed by atoms with Gasteiger partial charge in [0.1, 0.15) is 0 Å². The van der Waals surface area contributed by atoms with E-state index in [-0.39, 0.29) is 5.91 Å². The largest absolute Gasteiger partial charge is 0.399 e. The Morgan fingerprint density at radius 3 is 2.39 bits per heavy atom. The minimum atomic E-state index is 0.0936. The molecule has 0 atom stereocenters. The van der Waals surface area contributed by atoms with E-state index in [1.165, 1.54) is 19.3 Å². The molecule has 0 saturated carbocycles. The second kappa shape index (κ2) is 6.23. The summed E-state index contributed by atoms with van der Waals surface area (Å²) in [4.78, 5) is 14.4. The zero-order chi connectivity index (χ0) is 13.0. The first-order valence-electron chi connectivity index (χ1n) is 6.53. The molecule has 2 N–H and O–H groups in total. The molecule has 0 aliphatic carbocycles. The van der Waals surface area contributed by atoms with E-state index < -0.39 is 0 Å². The Balaban J connectivity index is 2.15. The van der Waals surface area contributed by atoms with Gasteiger partial charge in [-0.05, 0) is 47.0 Å². The Kier molecular flexibility index (Phi) is 4.64. The number of hydrogen-bond acceptors (Lipinski definition) is 2. The van der Waals surface area contributed by atoms with Crippen LogP contribution in [0.1, 0.15) is 42.5 Å². The Bertz CT molecular complexity index is 426. The van der Waals surface area contributed by atoms with E-state index in [1.807, 2.05) is 11.0 Å². The Labute approximate surface area is 116 Å². The maximum Gasteiger partial charge on any atom is 0.255 e. The molecule has 0 unspecified atom stereocenters. The van der Waals surface area contributed by atoms with Gasteiger partial charge < -0.3 is 10.6 Å². The van der Waals surface area contributed by atoms with Gasteiger partial charge in [-0.15, -0.1) is 0 Å². The lowest BCUT2D eigenvalue weighted by atomic mass is 10.1. The molecule has 1 aliphatic heterocycles. The fourth-order valence-corrected chi connectivity index (χ4v) is 2.74. The summed E-state index contributed by atoms with van der Waals surface area (Å²) < 4.78 is 0.823. The van der Waals surface area contributed by atoms with Crippen LogP contribution in [0.5, 0.6) is 0 Å². The predicted molar refractivity (Wildman–Crippen MR) is 77.5 cm³/mol. The van der Waals surface area contributed by atoms with E-state index in [0.717, 1.165) is 30.4 Å². The molecule has 1 amide bonds. The van der Waals surface area contributed by atoms with Gasteiger partial charge in [-0.25, -0.2) is 0 Å². The number of carbonyl (C=O) groups excluding carboxylic acids is 1. The van der Waals surface area contributed by atoms with Crippen molar-refractivity contribution in [1.82, 2.24) is 4.90 Å². The van der Waals surface area contributed by atoms with Gasteiger partial charge in [0.15, 0.2) is 0 Å². The lowest BCUT2D eigenvalue weighted by Gasteiger charge is -2.25. The molecule has 1 aromatic rings. The molecular formula is C14H19BrN2O. The van der Waals surface area contributed by atoms with E-state index in [4.69, 9.17) is 5.73 Å². The van der Waals surface area contributed by atoms with Gasteiger partial charge in [0, 0.05) is 23.2 Å². The Hall–Kier alpha value is -1.03. The average Bonchev–Trinajstić information content (AvgIpc) is 2.31. The molecule has 98 valence electrons. The van der Waals surface area contributed by atoms with Crippen LogP contribution >= 0.6 is 15.9 Å². The van der Waals surface area contributed by atoms with Crippen molar-refractivity contribution in [2.45, 2.75) is 32.1 Å². The molecule has 2 rings (SSSR count). The van der Waals surface area contributed by atoms with Crippen molar-refractivity contribution in [3.05, 3.63) is 28.2 Å². The standard InChI is InChI=1S/C14H19BrN2O/c15-13-7-6-11(16)10-12(13)14(18)17-8-4-2-1-3-5-9-17/h6-7,10H,1-5,8-9,16H2. The summed E-state index contributed by atoms with van der Waals surface area (Å²) in [5.74, 6) is 0.0936. The highest BCUT2D eigenvalue weighted by Crippen LogP contribution is 2.22. The highest BCUT2D eigenvalue weighted by molar-refractivity contribution is 9.10. The maximum absolute atomic E-state index is 12.5. The molecule has 1 heterocycles. The van der Waals surface area contributed by atoms with E-state index in [0.29, 0.717) is 11.3 Å². The summed E-state index contributed by atoms with van der Waals surface area (Å²) in [6.07, 6.45) is 5.95. The molecule has 0 aromatic heterocycles. The van der Waals surface area contributed by atoms with Crippen LogP contribution in [0, 0.1) is 0 Å². The Morgan fingerprint density at radius 2 is 1.72 bits per heavy atom. The molecule has 1 fully saturated rings. The van der Waals surface area contributed by atoms with Crippen LogP contribution in [0.15, 0.2) is 22.7 Å². The SMILES string of the molecule is Nc1ccc(Br)c(C(=O)N2CCCCCCC2)c1. The normalized spacial score (nSPS) is 17.1. The smallest absolute Gasteiger partial charge is 0.255 e. The topological polar surface area (TPSA) is 46.3 Å². The van der Waals surface area contributed by atoms with Crippen LogP contribution in [0.3, 0.4) is 0 Å². The summed E-state index contributed by atoms with van der Waals surface area (Å²) >= 11 is 3.43. The molecule has 3 nitrogen and oxygen atoms in total. The Morgan fingerprint density at radius 1 is 1.11 bits per heavy atom. The first-order valence-corrected chi connectivity index (χ1v) is 7.32. The van der Waals surface area contributed by atoms with Crippen molar-refractivity contribution in [3.63, 3.8) is 0 Å². The lowest BCUT2D eigenvalue weighted by molar-refractivity contribution is 0.0741. The predicted octanol–water partition coefficient (Wildman–Crippen LogP) is 3.44. The number of carbonyl (C=O) groups is 1. The fourth-order valence-electron chi connectivity index (χ4n) is 2.33. The number of nitrogen functional groups attached to an aromatic ring is 1. The van der Waals surface area contributed by atoms with Crippen molar-refractivity contribution >= 4 is 27.5 Å². The quantitative estimate of drug-likeness (QED) is 0.808. The number of halogens is 1. The number of nitrogens with two attached hydrogens (primary N) is 1. The first kappa shape index (κ1) is 13.4. The van der Waals surface area contributed by atoms with Gasteiger partial charge in [0.25, 0.3) is 5.91 Å². The highest BCUT2D eigenvalue weighted by Gasteiger charge is 2.18. The summed E-state index contributed by atoms with van der Waals surface area (Å²) in [5, 5.41) is 0. The summed E-state index contributed by atoms with van der Waals surface area (Å²) in [6, 6.07) is 5.39. The zero-order valence-electron chi connectivity index (χ0n) is 10.5. The number of benzene rings is 1. The second-order valence-electron chi connectivity index (χ2n) is 4.80. The molecule has 0 spiro atoms. The van der Waals surface area contributed by atoms with Gasteiger partial charge in [0.2, 0.25) is 0 Å². The highest BCUT2D eigenvalue weighted by atomic mass is 79.9. The van der Waals surface area contributed by atoms with Gasteiger partial charge in [-0.1, -0.05) is 19.3 Å². The molecule has 1 saturated heterocycles. The van der Waals surface area contributed by atoms with E-state index in [9.17, 15) is 4.79 Å². The van der Waals surface area contributed by atoms with Crippen LogP contribution in [-0.2, 0) is 0 Å². The van der Waals surface area contributed by atoms with Crippen molar-refractivity contribution in [2.75, 3.05) is 18.8 Å². The van der Waals surface area contributed by atoms with E-state index in [2.05, 4.69) is 15.9 Å².